The van der Waals surface area contributed by atoms with E-state index in [4.69, 9.17) is 4.98 Å². The van der Waals surface area contributed by atoms with Gasteiger partial charge < -0.3 is 9.80 Å². The van der Waals surface area contributed by atoms with E-state index in [0.717, 1.165) is 56.1 Å². The molecule has 3 fully saturated rings. The molecule has 130 valence electrons. The predicted molar refractivity (Wildman–Crippen MR) is 94.0 cm³/mol. The Hall–Kier alpha value is -1.65. The lowest BCUT2D eigenvalue weighted by Crippen LogP contribution is -2.53. The minimum Gasteiger partial charge on any atom is -0.354 e. The first-order valence-electron chi connectivity index (χ1n) is 9.45. The van der Waals surface area contributed by atoms with Gasteiger partial charge in [-0.25, -0.2) is 4.98 Å². The van der Waals surface area contributed by atoms with Crippen LogP contribution in [0.5, 0.6) is 0 Å². The van der Waals surface area contributed by atoms with Gasteiger partial charge in [-0.2, -0.15) is 0 Å². The molecule has 3 aliphatic rings. The van der Waals surface area contributed by atoms with Gasteiger partial charge in [0.2, 0.25) is 5.91 Å². The maximum absolute atomic E-state index is 13.3. The maximum Gasteiger partial charge on any atom is 0.230 e. The van der Waals surface area contributed by atoms with Crippen LogP contribution in [0.15, 0.2) is 6.20 Å². The molecule has 0 aromatic carbocycles. The summed E-state index contributed by atoms with van der Waals surface area (Å²) < 4.78 is 0. The van der Waals surface area contributed by atoms with Crippen LogP contribution in [0.3, 0.4) is 0 Å². The van der Waals surface area contributed by atoms with Gasteiger partial charge >= 0.3 is 0 Å². The van der Waals surface area contributed by atoms with Gasteiger partial charge in [-0.05, 0) is 46.0 Å². The first-order chi connectivity index (χ1) is 11.6. The van der Waals surface area contributed by atoms with Crippen molar-refractivity contribution in [2.24, 2.45) is 5.41 Å². The normalized spacial score (nSPS) is 28.3. The van der Waals surface area contributed by atoms with E-state index in [9.17, 15) is 4.79 Å². The van der Waals surface area contributed by atoms with Crippen molar-refractivity contribution in [2.75, 3.05) is 24.5 Å². The minimum absolute atomic E-state index is 0.179. The predicted octanol–water partition coefficient (Wildman–Crippen LogP) is 2.85. The summed E-state index contributed by atoms with van der Waals surface area (Å²) in [5.41, 5.74) is 1.78. The van der Waals surface area contributed by atoms with Crippen molar-refractivity contribution < 1.29 is 4.79 Å². The van der Waals surface area contributed by atoms with E-state index in [1.54, 1.807) is 0 Å². The Kier molecular flexibility index (Phi) is 3.97. The molecule has 0 N–H and O–H groups in total. The van der Waals surface area contributed by atoms with E-state index in [1.165, 1.54) is 25.7 Å². The Bertz CT molecular complexity index is 640. The van der Waals surface area contributed by atoms with Crippen LogP contribution >= 0.6 is 0 Å². The summed E-state index contributed by atoms with van der Waals surface area (Å²) in [4.78, 5) is 26.9. The van der Waals surface area contributed by atoms with Crippen molar-refractivity contribution in [3.8, 4) is 0 Å². The number of likely N-dealkylation sites (tertiary alicyclic amines) is 1. The molecule has 4 rings (SSSR count). The topological polar surface area (TPSA) is 49.3 Å². The molecule has 1 aromatic heterocycles. The fourth-order valence-corrected chi connectivity index (χ4v) is 4.79. The van der Waals surface area contributed by atoms with E-state index in [-0.39, 0.29) is 5.41 Å². The zero-order valence-corrected chi connectivity index (χ0v) is 14.9. The van der Waals surface area contributed by atoms with Crippen LogP contribution < -0.4 is 4.90 Å². The highest BCUT2D eigenvalue weighted by Gasteiger charge is 2.50. The van der Waals surface area contributed by atoms with Crippen LogP contribution in [0.25, 0.3) is 0 Å². The highest BCUT2D eigenvalue weighted by atomic mass is 16.2. The minimum atomic E-state index is -0.179. The Balaban J connectivity index is 1.53. The lowest BCUT2D eigenvalue weighted by molar-refractivity contribution is -0.147. The van der Waals surface area contributed by atoms with Crippen molar-refractivity contribution >= 4 is 11.7 Å². The smallest absolute Gasteiger partial charge is 0.230 e. The van der Waals surface area contributed by atoms with Gasteiger partial charge in [-0.15, -0.1) is 0 Å². The number of hydrogen-bond acceptors (Lipinski definition) is 4. The third-order valence-corrected chi connectivity index (χ3v) is 6.39. The summed E-state index contributed by atoms with van der Waals surface area (Å²) in [6.07, 6.45) is 9.98. The molecule has 24 heavy (non-hydrogen) atoms. The van der Waals surface area contributed by atoms with Gasteiger partial charge in [0.1, 0.15) is 5.82 Å². The fourth-order valence-electron chi connectivity index (χ4n) is 4.79. The van der Waals surface area contributed by atoms with Crippen molar-refractivity contribution in [1.29, 1.82) is 0 Å². The van der Waals surface area contributed by atoms with E-state index < -0.39 is 0 Å². The summed E-state index contributed by atoms with van der Waals surface area (Å²) in [5, 5.41) is 0. The second kappa shape index (κ2) is 6.01. The quantitative estimate of drug-likeness (QED) is 0.837. The molecule has 1 spiro atoms. The number of nitrogens with zero attached hydrogens (tertiary/aromatic N) is 4. The standard InChI is InChI=1S/C19H28N4O/c1-14-15(2)21-17(12-20-14)22-11-9-19(13-22)8-5-10-23(18(19)24)16-6-3-4-7-16/h12,16H,3-11,13H2,1-2H3/t19-/m0/s1. The molecule has 5 nitrogen and oxygen atoms in total. The monoisotopic (exact) mass is 328 g/mol. The molecular formula is C19H28N4O. The third kappa shape index (κ3) is 2.58. The van der Waals surface area contributed by atoms with Crippen molar-refractivity contribution in [3.63, 3.8) is 0 Å². The summed E-state index contributed by atoms with van der Waals surface area (Å²) in [5.74, 6) is 1.35. The summed E-state index contributed by atoms with van der Waals surface area (Å²) in [6, 6.07) is 0.505. The lowest BCUT2D eigenvalue weighted by Gasteiger charge is -2.42. The molecular weight excluding hydrogens is 300 g/mol. The molecule has 1 saturated carbocycles. The molecule has 1 atom stereocenters. The second-order valence-corrected chi connectivity index (χ2v) is 7.89. The lowest BCUT2D eigenvalue weighted by atomic mass is 9.77. The number of piperidine rings is 1. The summed E-state index contributed by atoms with van der Waals surface area (Å²) in [6.45, 7) is 6.69. The fraction of sp³-hybridized carbons (Fsp3) is 0.737. The van der Waals surface area contributed by atoms with Crippen LogP contribution in [0.2, 0.25) is 0 Å². The summed E-state index contributed by atoms with van der Waals surface area (Å²) in [7, 11) is 0. The van der Waals surface area contributed by atoms with E-state index in [0.29, 0.717) is 11.9 Å². The number of rotatable bonds is 2. The van der Waals surface area contributed by atoms with Crippen LogP contribution in [0.1, 0.15) is 56.3 Å². The number of hydrogen-bond donors (Lipinski definition) is 0. The van der Waals surface area contributed by atoms with Gasteiger partial charge in [0.05, 0.1) is 23.0 Å². The summed E-state index contributed by atoms with van der Waals surface area (Å²) >= 11 is 0. The van der Waals surface area contributed by atoms with Crippen LogP contribution in [-0.4, -0.2) is 46.5 Å². The second-order valence-electron chi connectivity index (χ2n) is 7.89. The van der Waals surface area contributed by atoms with E-state index in [2.05, 4.69) is 14.8 Å². The van der Waals surface area contributed by atoms with Crippen molar-refractivity contribution in [1.82, 2.24) is 14.9 Å². The van der Waals surface area contributed by atoms with Gasteiger partial charge in [0.15, 0.2) is 0 Å². The average Bonchev–Trinajstić information content (AvgIpc) is 3.24. The Morgan fingerprint density at radius 1 is 1.08 bits per heavy atom. The first-order valence-corrected chi connectivity index (χ1v) is 9.45. The Morgan fingerprint density at radius 3 is 2.62 bits per heavy atom. The zero-order valence-electron chi connectivity index (χ0n) is 14.9. The van der Waals surface area contributed by atoms with Gasteiger partial charge in [-0.3, -0.25) is 9.78 Å². The highest BCUT2D eigenvalue weighted by Crippen LogP contribution is 2.43. The number of aryl methyl sites for hydroxylation is 2. The molecule has 5 heteroatoms. The van der Waals surface area contributed by atoms with Crippen molar-refractivity contribution in [2.45, 2.75) is 64.8 Å². The average molecular weight is 328 g/mol. The number of amides is 1. The largest absolute Gasteiger partial charge is 0.354 e. The molecule has 1 amide bonds. The molecule has 1 aromatic rings. The number of carbonyl (C=O) groups excluding carboxylic acids is 1. The molecule has 0 bridgehead atoms. The Labute approximate surface area is 144 Å². The molecule has 0 radical (unpaired) electrons. The molecule has 3 heterocycles. The maximum atomic E-state index is 13.3. The number of aromatic nitrogens is 2. The van der Waals surface area contributed by atoms with E-state index >= 15 is 0 Å². The van der Waals surface area contributed by atoms with Crippen molar-refractivity contribution in [3.05, 3.63) is 17.6 Å². The Morgan fingerprint density at radius 2 is 1.88 bits per heavy atom. The van der Waals surface area contributed by atoms with Crippen LogP contribution in [-0.2, 0) is 4.79 Å². The highest BCUT2D eigenvalue weighted by molar-refractivity contribution is 5.85. The van der Waals surface area contributed by atoms with Crippen LogP contribution in [0, 0.1) is 19.3 Å². The zero-order chi connectivity index (χ0) is 16.7. The number of anilines is 1. The van der Waals surface area contributed by atoms with E-state index in [1.807, 2.05) is 20.0 Å². The first kappa shape index (κ1) is 15.9. The van der Waals surface area contributed by atoms with Crippen LogP contribution in [0.4, 0.5) is 5.82 Å². The molecule has 2 aliphatic heterocycles. The van der Waals surface area contributed by atoms with Gasteiger partial charge in [0.25, 0.3) is 0 Å². The number of carbonyl (C=O) groups is 1. The SMILES string of the molecule is Cc1ncc(N2CC[C@@]3(CCCN(C4CCCC4)C3=O)C2)nc1C. The molecule has 1 aliphatic carbocycles. The molecule has 0 unspecified atom stereocenters. The third-order valence-electron chi connectivity index (χ3n) is 6.39. The molecule has 2 saturated heterocycles. The van der Waals surface area contributed by atoms with Gasteiger partial charge in [0, 0.05) is 25.7 Å². The van der Waals surface area contributed by atoms with Gasteiger partial charge in [-0.1, -0.05) is 12.8 Å².